The van der Waals surface area contributed by atoms with Crippen molar-refractivity contribution in [3.05, 3.63) is 0 Å². The summed E-state index contributed by atoms with van der Waals surface area (Å²) in [6, 6.07) is 0. The zero-order chi connectivity index (χ0) is 7.72. The SMILES string of the molecule is NC(=O)C(O)C(O)C1CC1. The van der Waals surface area contributed by atoms with E-state index >= 15 is 0 Å². The first-order valence-electron chi connectivity index (χ1n) is 3.28. The number of rotatable bonds is 3. The van der Waals surface area contributed by atoms with Gasteiger partial charge in [-0.2, -0.15) is 0 Å². The van der Waals surface area contributed by atoms with E-state index in [-0.39, 0.29) is 5.92 Å². The van der Waals surface area contributed by atoms with Crippen LogP contribution in [-0.4, -0.2) is 28.3 Å². The van der Waals surface area contributed by atoms with E-state index < -0.39 is 18.1 Å². The Bertz CT molecular complexity index is 144. The highest BCUT2D eigenvalue weighted by atomic mass is 16.3. The van der Waals surface area contributed by atoms with Crippen LogP contribution in [0.1, 0.15) is 12.8 Å². The first-order valence-corrected chi connectivity index (χ1v) is 3.28. The van der Waals surface area contributed by atoms with Crippen LogP contribution < -0.4 is 5.73 Å². The molecule has 10 heavy (non-hydrogen) atoms. The maximum absolute atomic E-state index is 10.3. The van der Waals surface area contributed by atoms with Crippen LogP contribution in [-0.2, 0) is 4.79 Å². The Labute approximate surface area is 58.6 Å². The molecular weight excluding hydrogens is 134 g/mol. The molecule has 1 fully saturated rings. The zero-order valence-electron chi connectivity index (χ0n) is 5.53. The van der Waals surface area contributed by atoms with Crippen LogP contribution in [0.5, 0.6) is 0 Å². The Hall–Kier alpha value is -0.610. The monoisotopic (exact) mass is 145 g/mol. The van der Waals surface area contributed by atoms with Crippen molar-refractivity contribution < 1.29 is 15.0 Å². The summed E-state index contributed by atoms with van der Waals surface area (Å²) < 4.78 is 0. The highest BCUT2D eigenvalue weighted by Gasteiger charge is 2.36. The Morgan fingerprint density at radius 2 is 2.00 bits per heavy atom. The molecule has 4 heteroatoms. The van der Waals surface area contributed by atoms with E-state index in [0.29, 0.717) is 0 Å². The van der Waals surface area contributed by atoms with Gasteiger partial charge in [0, 0.05) is 0 Å². The van der Waals surface area contributed by atoms with Crippen LogP contribution in [0, 0.1) is 5.92 Å². The summed E-state index contributed by atoms with van der Waals surface area (Å²) in [5.74, 6) is -0.762. The van der Waals surface area contributed by atoms with E-state index in [4.69, 9.17) is 15.9 Å². The molecule has 1 rings (SSSR count). The molecule has 0 radical (unpaired) electrons. The van der Waals surface area contributed by atoms with Gasteiger partial charge < -0.3 is 15.9 Å². The summed E-state index contributed by atoms with van der Waals surface area (Å²) in [5.41, 5.74) is 4.75. The maximum Gasteiger partial charge on any atom is 0.248 e. The van der Waals surface area contributed by atoms with Gasteiger partial charge in [-0.05, 0) is 18.8 Å². The van der Waals surface area contributed by atoms with Crippen LogP contribution in [0.2, 0.25) is 0 Å². The predicted molar refractivity (Wildman–Crippen MR) is 33.9 cm³/mol. The quantitative estimate of drug-likeness (QED) is 0.457. The van der Waals surface area contributed by atoms with Crippen LogP contribution in [0.25, 0.3) is 0 Å². The van der Waals surface area contributed by atoms with Gasteiger partial charge in [-0.1, -0.05) is 0 Å². The summed E-state index contributed by atoms with van der Waals surface area (Å²) >= 11 is 0. The minimum Gasteiger partial charge on any atom is -0.390 e. The smallest absolute Gasteiger partial charge is 0.248 e. The average molecular weight is 145 g/mol. The van der Waals surface area contributed by atoms with Crippen molar-refractivity contribution in [2.24, 2.45) is 11.7 Å². The van der Waals surface area contributed by atoms with Gasteiger partial charge in [0.25, 0.3) is 0 Å². The number of carbonyl (C=O) groups excluding carboxylic acids is 1. The van der Waals surface area contributed by atoms with E-state index in [2.05, 4.69) is 0 Å². The minimum absolute atomic E-state index is 0.0856. The number of aliphatic hydroxyl groups excluding tert-OH is 2. The third-order valence-electron chi connectivity index (χ3n) is 1.72. The van der Waals surface area contributed by atoms with Gasteiger partial charge in [0.05, 0.1) is 6.10 Å². The first-order chi connectivity index (χ1) is 4.63. The molecule has 4 nitrogen and oxygen atoms in total. The molecule has 1 aliphatic carbocycles. The van der Waals surface area contributed by atoms with Crippen molar-refractivity contribution in [1.29, 1.82) is 0 Å². The minimum atomic E-state index is -1.38. The molecule has 58 valence electrons. The van der Waals surface area contributed by atoms with E-state index in [1.54, 1.807) is 0 Å². The predicted octanol–water partition coefficient (Wildman–Crippen LogP) is -1.40. The normalized spacial score (nSPS) is 23.8. The van der Waals surface area contributed by atoms with Gasteiger partial charge in [-0.3, -0.25) is 4.79 Å². The highest BCUT2D eigenvalue weighted by Crippen LogP contribution is 2.33. The molecule has 1 saturated carbocycles. The largest absolute Gasteiger partial charge is 0.390 e. The summed E-state index contributed by atoms with van der Waals surface area (Å²) in [6.45, 7) is 0. The van der Waals surface area contributed by atoms with Crippen molar-refractivity contribution in [3.8, 4) is 0 Å². The zero-order valence-corrected chi connectivity index (χ0v) is 5.53. The molecule has 0 aliphatic heterocycles. The lowest BCUT2D eigenvalue weighted by atomic mass is 10.1. The van der Waals surface area contributed by atoms with Crippen LogP contribution in [0.3, 0.4) is 0 Å². The molecule has 0 aromatic carbocycles. The third kappa shape index (κ3) is 1.46. The number of hydrogen-bond donors (Lipinski definition) is 3. The van der Waals surface area contributed by atoms with Gasteiger partial charge in [0.2, 0.25) is 5.91 Å². The Kier molecular flexibility index (Phi) is 1.92. The van der Waals surface area contributed by atoms with Crippen LogP contribution >= 0.6 is 0 Å². The molecule has 4 N–H and O–H groups in total. The fourth-order valence-corrected chi connectivity index (χ4v) is 0.864. The number of primary amides is 1. The molecule has 1 aliphatic rings. The lowest BCUT2D eigenvalue weighted by molar-refractivity contribution is -0.132. The molecule has 0 aromatic rings. The number of aliphatic hydroxyl groups is 2. The van der Waals surface area contributed by atoms with Gasteiger partial charge in [0.15, 0.2) is 6.10 Å². The highest BCUT2D eigenvalue weighted by molar-refractivity contribution is 5.79. The van der Waals surface area contributed by atoms with Gasteiger partial charge in [-0.15, -0.1) is 0 Å². The van der Waals surface area contributed by atoms with E-state index in [1.807, 2.05) is 0 Å². The lowest BCUT2D eigenvalue weighted by Crippen LogP contribution is -2.39. The third-order valence-corrected chi connectivity index (χ3v) is 1.72. The summed E-state index contributed by atoms with van der Waals surface area (Å²) in [4.78, 5) is 10.3. The Morgan fingerprint density at radius 1 is 1.50 bits per heavy atom. The number of carbonyl (C=O) groups is 1. The first kappa shape index (κ1) is 7.50. The standard InChI is InChI=1S/C6H11NO3/c7-6(10)5(9)4(8)3-1-2-3/h3-5,8-9H,1-2H2,(H2,7,10). The second kappa shape index (κ2) is 2.56. The van der Waals surface area contributed by atoms with Crippen LogP contribution in [0.15, 0.2) is 0 Å². The van der Waals surface area contributed by atoms with Gasteiger partial charge >= 0.3 is 0 Å². The van der Waals surface area contributed by atoms with Crippen LogP contribution in [0.4, 0.5) is 0 Å². The molecule has 2 unspecified atom stereocenters. The van der Waals surface area contributed by atoms with E-state index in [1.165, 1.54) is 0 Å². The summed E-state index contributed by atoms with van der Waals surface area (Å²) in [7, 11) is 0. The molecule has 0 spiro atoms. The molecular formula is C6H11NO3. The maximum atomic E-state index is 10.3. The second-order valence-electron chi connectivity index (χ2n) is 2.68. The van der Waals surface area contributed by atoms with E-state index in [0.717, 1.165) is 12.8 Å². The number of nitrogens with two attached hydrogens (primary N) is 1. The summed E-state index contributed by atoms with van der Waals surface area (Å²) in [5, 5.41) is 18.0. The summed E-state index contributed by atoms with van der Waals surface area (Å²) in [6.07, 6.45) is -0.568. The lowest BCUT2D eigenvalue weighted by Gasteiger charge is -2.12. The van der Waals surface area contributed by atoms with Gasteiger partial charge in [0.1, 0.15) is 0 Å². The molecule has 0 heterocycles. The van der Waals surface area contributed by atoms with Crippen molar-refractivity contribution in [1.82, 2.24) is 0 Å². The van der Waals surface area contributed by atoms with Crippen molar-refractivity contribution in [3.63, 3.8) is 0 Å². The second-order valence-corrected chi connectivity index (χ2v) is 2.68. The van der Waals surface area contributed by atoms with Crippen molar-refractivity contribution in [2.75, 3.05) is 0 Å². The van der Waals surface area contributed by atoms with Gasteiger partial charge in [-0.25, -0.2) is 0 Å². The molecule has 0 aromatic heterocycles. The number of amides is 1. The fourth-order valence-electron chi connectivity index (χ4n) is 0.864. The molecule has 0 bridgehead atoms. The molecule has 0 saturated heterocycles. The van der Waals surface area contributed by atoms with E-state index in [9.17, 15) is 4.79 Å². The number of hydrogen-bond acceptors (Lipinski definition) is 3. The fraction of sp³-hybridized carbons (Fsp3) is 0.833. The Balaban J connectivity index is 2.38. The molecule has 2 atom stereocenters. The van der Waals surface area contributed by atoms with Crippen molar-refractivity contribution >= 4 is 5.91 Å². The Morgan fingerprint density at radius 3 is 2.30 bits per heavy atom. The average Bonchev–Trinajstić information content (AvgIpc) is 2.65. The molecule has 1 amide bonds. The topological polar surface area (TPSA) is 83.6 Å². The van der Waals surface area contributed by atoms with Crippen molar-refractivity contribution in [2.45, 2.75) is 25.0 Å².